The second kappa shape index (κ2) is 13.7. The maximum atomic E-state index is 5.97. The van der Waals surface area contributed by atoms with Crippen LogP contribution in [0.5, 0.6) is 0 Å². The summed E-state index contributed by atoms with van der Waals surface area (Å²) in [4.78, 5) is 0. The van der Waals surface area contributed by atoms with Crippen molar-refractivity contribution < 1.29 is 18.0 Å². The van der Waals surface area contributed by atoms with E-state index in [0.29, 0.717) is 0 Å². The number of halogens is 2. The molecule has 7 aromatic carbocycles. The average molecular weight is 653 g/mol. The molecule has 0 heterocycles. The van der Waals surface area contributed by atoms with E-state index in [0.717, 1.165) is 0 Å². The molecule has 0 saturated heterocycles. The Bertz CT molecular complexity index is 1830. The summed E-state index contributed by atoms with van der Waals surface area (Å²) < 4.78 is 0. The number of hydrogen-bond acceptors (Lipinski definition) is 0. The molecule has 0 amide bonds. The summed E-state index contributed by atoms with van der Waals surface area (Å²) >= 11 is -1.95. The van der Waals surface area contributed by atoms with Crippen LogP contribution in [0.25, 0.3) is 43.4 Å². The molecular weight excluding hydrogens is 623 g/mol. The third-order valence-corrected chi connectivity index (χ3v) is 25.1. The van der Waals surface area contributed by atoms with E-state index in [1.165, 1.54) is 54.2 Å². The maximum absolute atomic E-state index is 5.97. The van der Waals surface area contributed by atoms with Gasteiger partial charge in [0.05, 0.1) is 0 Å². The zero-order valence-electron chi connectivity index (χ0n) is 22.6. The van der Waals surface area contributed by atoms with Gasteiger partial charge < -0.3 is 0 Å². The van der Waals surface area contributed by atoms with Gasteiger partial charge in [0.15, 0.2) is 0 Å². The first-order valence-electron chi connectivity index (χ1n) is 13.3. The van der Waals surface area contributed by atoms with Crippen molar-refractivity contribution in [2.75, 3.05) is 0 Å². The summed E-state index contributed by atoms with van der Waals surface area (Å²) in [5, 5.41) is 9.45. The molecule has 0 nitrogen and oxygen atoms in total. The first kappa shape index (κ1) is 28.8. The van der Waals surface area contributed by atoms with Crippen LogP contribution in [-0.2, 0) is 18.0 Å². The predicted molar refractivity (Wildman–Crippen MR) is 176 cm³/mol. The van der Waals surface area contributed by atoms with E-state index < -0.39 is 23.4 Å². The van der Waals surface area contributed by atoms with Crippen molar-refractivity contribution in [3.05, 3.63) is 151 Å². The second-order valence-electron chi connectivity index (χ2n) is 9.78. The number of aryl methyl sites for hydroxylation is 1. The molecule has 0 aliphatic rings. The molecule has 7 aromatic rings. The van der Waals surface area contributed by atoms with Crippen molar-refractivity contribution >= 4 is 60.0 Å². The van der Waals surface area contributed by atoms with Crippen LogP contribution in [0.1, 0.15) is 5.56 Å². The number of rotatable bonds is 2. The number of fused-ring (bicyclic) bond motifs is 4. The van der Waals surface area contributed by atoms with E-state index in [1.807, 2.05) is 18.2 Å². The minimum atomic E-state index is -1.95. The first-order chi connectivity index (χ1) is 19.5. The van der Waals surface area contributed by atoms with Crippen LogP contribution in [-0.4, -0.2) is 5.43 Å². The molecule has 0 saturated carbocycles. The number of hydrogen-bond donors (Lipinski definition) is 0. The molecule has 0 spiro atoms. The van der Waals surface area contributed by atoms with Gasteiger partial charge in [-0.1, -0.05) is 85.3 Å². The zero-order chi connectivity index (χ0) is 27.9. The molecule has 0 atom stereocenters. The molecular formula is C36H30Cl2SiZr-2. The minimum Gasteiger partial charge on any atom is -0.165 e. The van der Waals surface area contributed by atoms with Gasteiger partial charge in [-0.3, -0.25) is 0 Å². The Morgan fingerprint density at radius 1 is 0.550 bits per heavy atom. The van der Waals surface area contributed by atoms with Gasteiger partial charge in [-0.25, -0.2) is 0 Å². The van der Waals surface area contributed by atoms with Gasteiger partial charge in [0.2, 0.25) is 0 Å². The summed E-state index contributed by atoms with van der Waals surface area (Å²) in [7, 11) is 11.9. The third kappa shape index (κ3) is 6.93. The normalized spacial score (nSPS) is 10.5. The van der Waals surface area contributed by atoms with Crippen molar-refractivity contribution in [3.8, 4) is 11.1 Å². The SMILES string of the molecule is C[Si](c1ccccc1)=[Zr]([Cl])[Cl].Cc1cc2c(-c3ccccc3)cccc2[cH-]1.c1ccc2c(c1)[cH-]c1ccccc12. The minimum absolute atomic E-state index is 0.557. The van der Waals surface area contributed by atoms with E-state index in [9.17, 15) is 0 Å². The molecule has 7 rings (SSSR count). The van der Waals surface area contributed by atoms with Gasteiger partial charge >= 0.3 is 82.5 Å². The van der Waals surface area contributed by atoms with Crippen molar-refractivity contribution in [3.63, 3.8) is 0 Å². The van der Waals surface area contributed by atoms with E-state index in [2.05, 4.69) is 141 Å². The quantitative estimate of drug-likeness (QED) is 0.129. The Balaban J connectivity index is 0.000000124. The fourth-order valence-electron chi connectivity index (χ4n) is 4.96. The van der Waals surface area contributed by atoms with E-state index in [4.69, 9.17) is 17.0 Å². The van der Waals surface area contributed by atoms with Crippen LogP contribution >= 0.6 is 17.0 Å². The summed E-state index contributed by atoms with van der Waals surface area (Å²) in [5.74, 6) is 0. The van der Waals surface area contributed by atoms with Crippen LogP contribution in [0.3, 0.4) is 0 Å². The van der Waals surface area contributed by atoms with Gasteiger partial charge in [-0.05, 0) is 5.56 Å². The number of benzene rings is 5. The molecule has 198 valence electrons. The van der Waals surface area contributed by atoms with E-state index in [1.54, 1.807) is 0 Å². The zero-order valence-corrected chi connectivity index (χ0v) is 27.6. The van der Waals surface area contributed by atoms with E-state index >= 15 is 0 Å². The summed E-state index contributed by atoms with van der Waals surface area (Å²) in [5.41, 5.74) is 3.39. The van der Waals surface area contributed by atoms with Gasteiger partial charge in [0.25, 0.3) is 0 Å². The van der Waals surface area contributed by atoms with Crippen LogP contribution in [0.4, 0.5) is 0 Å². The maximum Gasteiger partial charge on any atom is -0.0279 e. The van der Waals surface area contributed by atoms with Crippen molar-refractivity contribution in [2.24, 2.45) is 0 Å². The average Bonchev–Trinajstić information content (AvgIpc) is 3.58. The molecule has 0 unspecified atom stereocenters. The Hall–Kier alpha value is -2.74. The summed E-state index contributed by atoms with van der Waals surface area (Å²) in [6.45, 7) is 4.35. The van der Waals surface area contributed by atoms with Crippen molar-refractivity contribution in [1.29, 1.82) is 0 Å². The molecule has 0 N–H and O–H groups in total. The van der Waals surface area contributed by atoms with Crippen molar-refractivity contribution in [1.82, 2.24) is 0 Å². The third-order valence-electron chi connectivity index (χ3n) is 6.99. The predicted octanol–water partition coefficient (Wildman–Crippen LogP) is 10.7. The molecule has 0 radical (unpaired) electrons. The Morgan fingerprint density at radius 3 is 1.65 bits per heavy atom. The first-order valence-corrected chi connectivity index (χ1v) is 25.3. The molecule has 4 heteroatoms. The second-order valence-corrected chi connectivity index (χ2v) is 30.7. The fourth-order valence-corrected chi connectivity index (χ4v) is 12.6. The van der Waals surface area contributed by atoms with Crippen molar-refractivity contribution in [2.45, 2.75) is 13.5 Å². The fraction of sp³-hybridized carbons (Fsp3) is 0.0556. The summed E-state index contributed by atoms with van der Waals surface area (Å²) in [6, 6.07) is 51.2. The van der Waals surface area contributed by atoms with E-state index in [-0.39, 0.29) is 0 Å². The van der Waals surface area contributed by atoms with Crippen LogP contribution in [0, 0.1) is 6.92 Å². The standard InChI is InChI=1S/C16H13.C13H9.C7H8Si.2ClH.Zr/c1-12-10-14-8-5-9-15(16(14)11-12)13-6-3-2-4-7-13;1-3-7-12-10(5-1)9-11-6-2-4-8-13(11)12;1-8-7-5-3-2-4-6-7;;;/h2-11H,1H3;1-9H;2-6H,1H3;2*1H;/q2*-1;;;;+2/p-2. The van der Waals surface area contributed by atoms with Gasteiger partial charge in [-0.15, -0.1) is 74.3 Å². The molecule has 0 aliphatic heterocycles. The topological polar surface area (TPSA) is 0 Å². The molecule has 40 heavy (non-hydrogen) atoms. The Kier molecular flexibility index (Phi) is 9.89. The summed E-state index contributed by atoms with van der Waals surface area (Å²) in [6.07, 6.45) is 0. The largest absolute Gasteiger partial charge is 0.165 e. The van der Waals surface area contributed by atoms with Gasteiger partial charge in [0, 0.05) is 0 Å². The Labute approximate surface area is 251 Å². The monoisotopic (exact) mass is 650 g/mol. The Morgan fingerprint density at radius 2 is 1.05 bits per heavy atom. The van der Waals surface area contributed by atoms with Gasteiger partial charge in [0.1, 0.15) is 0 Å². The van der Waals surface area contributed by atoms with Crippen LogP contribution in [0.2, 0.25) is 6.55 Å². The molecule has 0 bridgehead atoms. The molecule has 0 aromatic heterocycles. The molecule has 0 fully saturated rings. The van der Waals surface area contributed by atoms with Crippen LogP contribution < -0.4 is 5.19 Å². The smallest absolute Gasteiger partial charge is 0.0279 e. The van der Waals surface area contributed by atoms with Crippen LogP contribution in [0.15, 0.2) is 146 Å². The molecule has 0 aliphatic carbocycles. The van der Waals surface area contributed by atoms with Gasteiger partial charge in [-0.2, -0.15) is 6.07 Å².